The van der Waals surface area contributed by atoms with Crippen molar-refractivity contribution in [2.24, 2.45) is 0 Å². The van der Waals surface area contributed by atoms with Gasteiger partial charge in [0.1, 0.15) is 16.8 Å². The zero-order valence-electron chi connectivity index (χ0n) is 22.8. The Morgan fingerprint density at radius 3 is 2.33 bits per heavy atom. The first-order valence-electron chi connectivity index (χ1n) is 13.7. The number of nitrogens with zero attached hydrogens (tertiary/aromatic N) is 2. The molecule has 1 N–H and O–H groups in total. The number of sulfonamides is 1. The molecule has 2 aromatic carbocycles. The fraction of sp³-hybridized carbons (Fsp3) is 0.433. The summed E-state index contributed by atoms with van der Waals surface area (Å²) in [7, 11) is -4.01. The molecule has 0 amide bonds. The second-order valence-electron chi connectivity index (χ2n) is 10.6. The molecule has 0 radical (unpaired) electrons. The number of hydrogen-bond donors (Lipinski definition) is 1. The number of ether oxygens (including phenoxy) is 2. The van der Waals surface area contributed by atoms with E-state index in [-0.39, 0.29) is 30.3 Å². The molecule has 2 saturated heterocycles. The lowest BCUT2D eigenvalue weighted by atomic mass is 9.99. The molecule has 1 unspecified atom stereocenters. The van der Waals surface area contributed by atoms with Crippen molar-refractivity contribution in [2.75, 3.05) is 26.3 Å². The lowest BCUT2D eigenvalue weighted by molar-refractivity contribution is -0.160. The first kappa shape index (κ1) is 28.5. The Morgan fingerprint density at radius 1 is 1.02 bits per heavy atom. The number of benzene rings is 2. The van der Waals surface area contributed by atoms with Gasteiger partial charge in [-0.1, -0.05) is 44.2 Å². The molecule has 2 aliphatic heterocycles. The third-order valence-electron chi connectivity index (χ3n) is 7.46. The largest absolute Gasteiger partial charge is 0.462 e. The monoisotopic (exact) mass is 570 g/mol. The molecule has 2 atom stereocenters. The van der Waals surface area contributed by atoms with Crippen LogP contribution in [-0.4, -0.2) is 66.9 Å². The van der Waals surface area contributed by atoms with Crippen LogP contribution in [0.1, 0.15) is 44.7 Å². The minimum Gasteiger partial charge on any atom is -0.462 e. The molecule has 1 aromatic heterocycles. The number of morpholine rings is 1. The van der Waals surface area contributed by atoms with Crippen molar-refractivity contribution in [1.82, 2.24) is 8.87 Å². The summed E-state index contributed by atoms with van der Waals surface area (Å²) in [5, 5.41) is 10.2. The molecular formula is C30H35FN2O6S. The Balaban J connectivity index is 1.76. The number of carbonyl (C=O) groups is 1. The van der Waals surface area contributed by atoms with E-state index in [2.05, 4.69) is 0 Å². The molecule has 214 valence electrons. The number of aromatic nitrogens is 1. The molecule has 8 nitrogen and oxygen atoms in total. The summed E-state index contributed by atoms with van der Waals surface area (Å²) in [6.07, 6.45) is -0.594. The zero-order valence-corrected chi connectivity index (χ0v) is 23.6. The quantitative estimate of drug-likeness (QED) is 0.399. The lowest BCUT2D eigenvalue weighted by Gasteiger charge is -2.27. The molecular weight excluding hydrogens is 535 g/mol. The van der Waals surface area contributed by atoms with Gasteiger partial charge in [-0.2, -0.15) is 4.31 Å². The fourth-order valence-electron chi connectivity index (χ4n) is 5.70. The highest BCUT2D eigenvalue weighted by molar-refractivity contribution is 7.89. The van der Waals surface area contributed by atoms with E-state index >= 15 is 0 Å². The first-order chi connectivity index (χ1) is 19.2. The van der Waals surface area contributed by atoms with Gasteiger partial charge in [0.15, 0.2) is 0 Å². The summed E-state index contributed by atoms with van der Waals surface area (Å²) in [6, 6.07) is 15.3. The Bertz CT molecular complexity index is 1450. The number of cyclic esters (lactones) is 1. The van der Waals surface area contributed by atoms with Gasteiger partial charge >= 0.3 is 5.97 Å². The van der Waals surface area contributed by atoms with Gasteiger partial charge in [0, 0.05) is 43.7 Å². The van der Waals surface area contributed by atoms with E-state index in [0.717, 1.165) is 11.3 Å². The average molecular weight is 571 g/mol. The summed E-state index contributed by atoms with van der Waals surface area (Å²) in [5.41, 5.74) is 3.23. The smallest absolute Gasteiger partial charge is 0.308 e. The van der Waals surface area contributed by atoms with E-state index in [1.807, 2.05) is 48.7 Å². The van der Waals surface area contributed by atoms with Gasteiger partial charge in [-0.3, -0.25) is 4.79 Å². The molecule has 40 heavy (non-hydrogen) atoms. The van der Waals surface area contributed by atoms with Gasteiger partial charge in [0.25, 0.3) is 0 Å². The number of esters is 1. The van der Waals surface area contributed by atoms with Crippen molar-refractivity contribution < 1.29 is 32.2 Å². The van der Waals surface area contributed by atoms with Crippen molar-refractivity contribution in [3.8, 4) is 22.4 Å². The van der Waals surface area contributed by atoms with Crippen molar-refractivity contribution in [3.05, 3.63) is 66.1 Å². The topological polar surface area (TPSA) is 98.1 Å². The fourth-order valence-corrected chi connectivity index (χ4v) is 7.54. The Morgan fingerprint density at radius 2 is 1.70 bits per heavy atom. The zero-order chi connectivity index (χ0) is 28.4. The van der Waals surface area contributed by atoms with Gasteiger partial charge in [0.2, 0.25) is 10.0 Å². The highest BCUT2D eigenvalue weighted by Gasteiger charge is 2.38. The van der Waals surface area contributed by atoms with Crippen LogP contribution in [0.5, 0.6) is 0 Å². The minimum atomic E-state index is -4.01. The van der Waals surface area contributed by atoms with Crippen LogP contribution in [0.2, 0.25) is 0 Å². The summed E-state index contributed by atoms with van der Waals surface area (Å²) in [6.45, 7) is 5.45. The van der Waals surface area contributed by atoms with Gasteiger partial charge in [-0.15, -0.1) is 0 Å². The van der Waals surface area contributed by atoms with Crippen LogP contribution in [0, 0.1) is 5.82 Å². The molecule has 0 saturated carbocycles. The van der Waals surface area contributed by atoms with E-state index in [1.54, 1.807) is 12.1 Å². The molecule has 3 heterocycles. The summed E-state index contributed by atoms with van der Waals surface area (Å²) >= 11 is 0. The predicted molar refractivity (Wildman–Crippen MR) is 149 cm³/mol. The molecule has 2 aliphatic rings. The van der Waals surface area contributed by atoms with Gasteiger partial charge in [-0.05, 0) is 41.3 Å². The van der Waals surface area contributed by atoms with Crippen LogP contribution in [-0.2, 0) is 30.8 Å². The van der Waals surface area contributed by atoms with E-state index < -0.39 is 34.0 Å². The number of hydrogen-bond acceptors (Lipinski definition) is 6. The van der Waals surface area contributed by atoms with Crippen LogP contribution in [0.3, 0.4) is 0 Å². The number of halogens is 1. The third-order valence-corrected chi connectivity index (χ3v) is 9.42. The van der Waals surface area contributed by atoms with E-state index in [4.69, 9.17) is 9.47 Å². The Hall–Kier alpha value is -3.05. The third kappa shape index (κ3) is 5.72. The first-order valence-corrected chi connectivity index (χ1v) is 15.1. The highest BCUT2D eigenvalue weighted by atomic mass is 32.2. The molecule has 3 aromatic rings. The Kier molecular flexibility index (Phi) is 8.42. The molecule has 2 fully saturated rings. The standard InChI is InChI=1S/C30H35FN2O6S/c1-20(2)28-27(21-6-4-3-5-7-21)30(40(36,37)32-14-16-38-17-15-32)29(22-8-10-23(31)11-9-22)33(28)13-12-25-18-24(34)19-26(35)39-25/h3-11,20,24-25,34H,12-19H2,1-2H3/t24-,25?/m1/s1. The number of rotatable bonds is 8. The van der Waals surface area contributed by atoms with Crippen LogP contribution in [0.15, 0.2) is 59.5 Å². The summed E-state index contributed by atoms with van der Waals surface area (Å²) in [4.78, 5) is 12.2. The number of aliphatic hydroxyl groups excluding tert-OH is 1. The molecule has 0 spiro atoms. The second kappa shape index (κ2) is 11.8. The van der Waals surface area contributed by atoms with E-state index in [1.165, 1.54) is 16.4 Å². The van der Waals surface area contributed by atoms with Crippen molar-refractivity contribution >= 4 is 16.0 Å². The Labute approximate surface area is 234 Å². The molecule has 10 heteroatoms. The van der Waals surface area contributed by atoms with Crippen molar-refractivity contribution in [2.45, 2.75) is 62.7 Å². The lowest BCUT2D eigenvalue weighted by Crippen LogP contribution is -2.40. The summed E-state index contributed by atoms with van der Waals surface area (Å²) in [5.74, 6) is -0.947. The van der Waals surface area contributed by atoms with Crippen LogP contribution in [0.25, 0.3) is 22.4 Å². The number of aliphatic hydroxyl groups is 1. The maximum absolute atomic E-state index is 14.5. The van der Waals surface area contributed by atoms with Gasteiger partial charge in [-0.25, -0.2) is 12.8 Å². The molecule has 5 rings (SSSR count). The van der Waals surface area contributed by atoms with E-state index in [0.29, 0.717) is 49.4 Å². The molecule has 0 aliphatic carbocycles. The SMILES string of the molecule is CC(C)c1c(-c2ccccc2)c(S(=O)(=O)N2CCOCC2)c(-c2ccc(F)cc2)n1CCC1C[C@@H](O)CC(=O)O1. The maximum atomic E-state index is 14.5. The van der Waals surface area contributed by atoms with Crippen molar-refractivity contribution in [1.29, 1.82) is 0 Å². The van der Waals surface area contributed by atoms with Crippen LogP contribution in [0.4, 0.5) is 4.39 Å². The van der Waals surface area contributed by atoms with Gasteiger partial charge < -0.3 is 19.1 Å². The van der Waals surface area contributed by atoms with Gasteiger partial charge in [0.05, 0.1) is 31.4 Å². The average Bonchev–Trinajstić information content (AvgIpc) is 3.29. The van der Waals surface area contributed by atoms with Crippen LogP contribution < -0.4 is 0 Å². The number of carbonyl (C=O) groups excluding carboxylic acids is 1. The highest BCUT2D eigenvalue weighted by Crippen LogP contribution is 2.45. The minimum absolute atomic E-state index is 0.0296. The van der Waals surface area contributed by atoms with Crippen LogP contribution >= 0.6 is 0 Å². The van der Waals surface area contributed by atoms with E-state index in [9.17, 15) is 22.7 Å². The van der Waals surface area contributed by atoms with Crippen molar-refractivity contribution in [3.63, 3.8) is 0 Å². The predicted octanol–water partition coefficient (Wildman–Crippen LogP) is 4.56. The second-order valence-corrected chi connectivity index (χ2v) is 12.5. The maximum Gasteiger partial charge on any atom is 0.308 e. The normalized spacial score (nSPS) is 20.6. The summed E-state index contributed by atoms with van der Waals surface area (Å²) < 4.78 is 57.5. The molecule has 0 bridgehead atoms.